The van der Waals surface area contributed by atoms with Gasteiger partial charge in [0.2, 0.25) is 0 Å². The Morgan fingerprint density at radius 3 is 1.97 bits per heavy atom. The molecule has 0 fully saturated rings. The van der Waals surface area contributed by atoms with E-state index in [0.29, 0.717) is 21.4 Å². The minimum Gasteiger partial charge on any atom is -0.479 e. The summed E-state index contributed by atoms with van der Waals surface area (Å²) in [5.74, 6) is -2.63. The second-order valence-corrected chi connectivity index (χ2v) is 8.09. The van der Waals surface area contributed by atoms with E-state index in [1.165, 1.54) is 12.1 Å². The van der Waals surface area contributed by atoms with Crippen molar-refractivity contribution in [3.8, 4) is 0 Å². The highest BCUT2D eigenvalue weighted by atomic mass is 35.5. The van der Waals surface area contributed by atoms with Gasteiger partial charge in [-0.3, -0.25) is 14.5 Å². The first-order chi connectivity index (χ1) is 15.3. The van der Waals surface area contributed by atoms with Crippen molar-refractivity contribution in [1.82, 2.24) is 4.90 Å². The molecule has 1 aliphatic heterocycles. The number of para-hydroxylation sites is 2. The van der Waals surface area contributed by atoms with Gasteiger partial charge in [-0.2, -0.15) is 0 Å². The van der Waals surface area contributed by atoms with Crippen molar-refractivity contribution in [1.29, 1.82) is 0 Å². The molecule has 1 aliphatic rings. The van der Waals surface area contributed by atoms with Gasteiger partial charge in [0.05, 0.1) is 26.9 Å². The fourth-order valence-corrected chi connectivity index (χ4v) is 4.56. The third-order valence-electron chi connectivity index (χ3n) is 5.64. The number of aliphatic carboxylic acids is 1. The largest absolute Gasteiger partial charge is 0.479 e. The predicted octanol–water partition coefficient (Wildman–Crippen LogP) is 5.72. The van der Waals surface area contributed by atoms with Crippen molar-refractivity contribution in [2.24, 2.45) is 0 Å². The maximum atomic E-state index is 13.2. The van der Waals surface area contributed by atoms with Gasteiger partial charge in [0.15, 0.2) is 5.54 Å². The summed E-state index contributed by atoms with van der Waals surface area (Å²) in [6.45, 7) is 1.62. The Balaban J connectivity index is 1.91. The number of rotatable bonds is 6. The molecular formula is C24H18Cl2N2O4. The third kappa shape index (κ3) is 3.23. The van der Waals surface area contributed by atoms with Gasteiger partial charge in [-0.25, -0.2) is 4.79 Å². The van der Waals surface area contributed by atoms with Crippen LogP contribution in [-0.4, -0.2) is 27.8 Å². The summed E-state index contributed by atoms with van der Waals surface area (Å²) in [5.41, 5.74) is -0.609. The van der Waals surface area contributed by atoms with Crippen LogP contribution in [0.5, 0.6) is 0 Å². The van der Waals surface area contributed by atoms with Gasteiger partial charge in [-0.15, -0.1) is 0 Å². The lowest BCUT2D eigenvalue weighted by atomic mass is 9.84. The number of amides is 2. The van der Waals surface area contributed by atoms with Gasteiger partial charge in [-0.05, 0) is 36.8 Å². The van der Waals surface area contributed by atoms with E-state index in [-0.39, 0.29) is 23.1 Å². The first kappa shape index (κ1) is 21.9. The Bertz CT molecular complexity index is 1210. The molecule has 1 atom stereocenters. The SMILES string of the molecule is CCC(C(=O)O)(c1ccccc1Nc1c(Cl)cccc1Cl)N1C(=O)c2ccccc2C1=O. The molecule has 2 amide bonds. The maximum Gasteiger partial charge on any atom is 0.334 e. The lowest BCUT2D eigenvalue weighted by Crippen LogP contribution is -2.54. The van der Waals surface area contributed by atoms with Crippen LogP contribution in [-0.2, 0) is 10.3 Å². The minimum atomic E-state index is -1.95. The van der Waals surface area contributed by atoms with Gasteiger partial charge in [0, 0.05) is 11.3 Å². The molecule has 0 radical (unpaired) electrons. The second kappa shape index (κ2) is 8.30. The summed E-state index contributed by atoms with van der Waals surface area (Å²) in [6.07, 6.45) is -0.0528. The molecule has 0 saturated carbocycles. The topological polar surface area (TPSA) is 86.7 Å². The van der Waals surface area contributed by atoms with Gasteiger partial charge < -0.3 is 10.4 Å². The fourth-order valence-electron chi connectivity index (χ4n) is 4.07. The zero-order chi connectivity index (χ0) is 23.0. The Hall–Kier alpha value is -3.35. The van der Waals surface area contributed by atoms with Crippen LogP contribution in [0.15, 0.2) is 66.7 Å². The monoisotopic (exact) mass is 468 g/mol. The Labute approximate surface area is 194 Å². The molecule has 162 valence electrons. The van der Waals surface area contributed by atoms with Crippen LogP contribution >= 0.6 is 23.2 Å². The average Bonchev–Trinajstić information content (AvgIpc) is 3.04. The predicted molar refractivity (Wildman–Crippen MR) is 123 cm³/mol. The molecule has 0 spiro atoms. The number of carboxylic acid groups (broad SMARTS) is 1. The molecule has 4 rings (SSSR count). The maximum absolute atomic E-state index is 13.2. The number of fused-ring (bicyclic) bond motifs is 1. The molecule has 6 nitrogen and oxygen atoms in total. The number of nitrogens with zero attached hydrogens (tertiary/aromatic N) is 1. The van der Waals surface area contributed by atoms with E-state index in [0.717, 1.165) is 4.90 Å². The van der Waals surface area contributed by atoms with Crippen LogP contribution < -0.4 is 5.32 Å². The smallest absolute Gasteiger partial charge is 0.334 e. The quantitative estimate of drug-likeness (QED) is 0.451. The number of halogens is 2. The van der Waals surface area contributed by atoms with Crippen LogP contribution in [0.1, 0.15) is 39.6 Å². The number of benzene rings is 3. The van der Waals surface area contributed by atoms with E-state index < -0.39 is 23.3 Å². The van der Waals surface area contributed by atoms with Crippen LogP contribution in [0, 0.1) is 0 Å². The normalized spacial score (nSPS) is 14.8. The van der Waals surface area contributed by atoms with Gasteiger partial charge >= 0.3 is 5.97 Å². The van der Waals surface area contributed by atoms with E-state index in [9.17, 15) is 19.5 Å². The summed E-state index contributed by atoms with van der Waals surface area (Å²) in [4.78, 5) is 40.1. The summed E-state index contributed by atoms with van der Waals surface area (Å²) >= 11 is 12.6. The molecule has 3 aromatic rings. The molecule has 0 saturated heterocycles. The van der Waals surface area contributed by atoms with Crippen molar-refractivity contribution in [2.75, 3.05) is 5.32 Å². The number of carbonyl (C=O) groups is 3. The molecule has 32 heavy (non-hydrogen) atoms. The van der Waals surface area contributed by atoms with Gasteiger partial charge in [0.1, 0.15) is 0 Å². The van der Waals surface area contributed by atoms with E-state index in [1.54, 1.807) is 61.5 Å². The molecule has 0 aliphatic carbocycles. The summed E-state index contributed by atoms with van der Waals surface area (Å²) in [6, 6.07) is 17.9. The van der Waals surface area contributed by atoms with Crippen molar-refractivity contribution in [3.63, 3.8) is 0 Å². The minimum absolute atomic E-state index is 0.0528. The van der Waals surface area contributed by atoms with Crippen molar-refractivity contribution in [3.05, 3.63) is 93.5 Å². The summed E-state index contributed by atoms with van der Waals surface area (Å²) < 4.78 is 0. The number of nitrogens with one attached hydrogen (secondary N) is 1. The van der Waals surface area contributed by atoms with E-state index >= 15 is 0 Å². The number of imide groups is 1. The molecular weight excluding hydrogens is 451 g/mol. The number of anilines is 2. The van der Waals surface area contributed by atoms with Crippen LogP contribution in [0.25, 0.3) is 0 Å². The van der Waals surface area contributed by atoms with Crippen LogP contribution in [0.4, 0.5) is 11.4 Å². The highest BCUT2D eigenvalue weighted by Gasteiger charge is 2.55. The van der Waals surface area contributed by atoms with E-state index in [4.69, 9.17) is 23.2 Å². The number of hydrogen-bond donors (Lipinski definition) is 2. The average molecular weight is 469 g/mol. The number of carbonyl (C=O) groups excluding carboxylic acids is 2. The molecule has 0 aromatic heterocycles. The number of carboxylic acids is 1. The fraction of sp³-hybridized carbons (Fsp3) is 0.125. The molecule has 2 N–H and O–H groups in total. The lowest BCUT2D eigenvalue weighted by molar-refractivity contribution is -0.149. The summed E-state index contributed by atoms with van der Waals surface area (Å²) in [5, 5.41) is 14.2. The van der Waals surface area contributed by atoms with Crippen molar-refractivity contribution in [2.45, 2.75) is 18.9 Å². The highest BCUT2D eigenvalue weighted by Crippen LogP contribution is 2.43. The van der Waals surface area contributed by atoms with Crippen LogP contribution in [0.2, 0.25) is 10.0 Å². The lowest BCUT2D eigenvalue weighted by Gasteiger charge is -2.37. The summed E-state index contributed by atoms with van der Waals surface area (Å²) in [7, 11) is 0. The van der Waals surface area contributed by atoms with E-state index in [2.05, 4.69) is 5.32 Å². The molecule has 3 aromatic carbocycles. The molecule has 1 heterocycles. The van der Waals surface area contributed by atoms with Gasteiger partial charge in [-0.1, -0.05) is 66.5 Å². The first-order valence-corrected chi connectivity index (χ1v) is 10.6. The molecule has 0 bridgehead atoms. The highest BCUT2D eigenvalue weighted by molar-refractivity contribution is 6.39. The second-order valence-electron chi connectivity index (χ2n) is 7.28. The van der Waals surface area contributed by atoms with Crippen LogP contribution in [0.3, 0.4) is 0 Å². The molecule has 8 heteroatoms. The first-order valence-electron chi connectivity index (χ1n) is 9.84. The number of hydrogen-bond acceptors (Lipinski definition) is 4. The van der Waals surface area contributed by atoms with Gasteiger partial charge in [0.25, 0.3) is 11.8 Å². The van der Waals surface area contributed by atoms with E-state index in [1.807, 2.05) is 0 Å². The Morgan fingerprint density at radius 2 is 1.44 bits per heavy atom. The Morgan fingerprint density at radius 1 is 0.906 bits per heavy atom. The van der Waals surface area contributed by atoms with Crippen molar-refractivity contribution < 1.29 is 19.5 Å². The Kier molecular flexibility index (Phi) is 5.67. The standard InChI is InChI=1S/C24H18Cl2N2O4/c1-2-24(23(31)32,28-21(29)14-8-3-4-9-15(14)22(28)30)16-10-5-6-13-19(16)27-20-17(25)11-7-12-18(20)26/h3-13,27H,2H2,1H3,(H,31,32). The van der Waals surface area contributed by atoms with Crippen molar-refractivity contribution >= 4 is 52.4 Å². The zero-order valence-corrected chi connectivity index (χ0v) is 18.4. The third-order valence-corrected chi connectivity index (χ3v) is 6.27. The molecule has 1 unspecified atom stereocenters. The zero-order valence-electron chi connectivity index (χ0n) is 16.9.